The molecule has 170 valence electrons. The van der Waals surface area contributed by atoms with Crippen molar-refractivity contribution in [1.82, 2.24) is 15.0 Å². The van der Waals surface area contributed by atoms with Gasteiger partial charge in [0.25, 0.3) is 6.43 Å². The molecule has 4 aliphatic rings. The van der Waals surface area contributed by atoms with Crippen LogP contribution in [0, 0.1) is 0 Å². The molecule has 4 saturated heterocycles. The molecule has 0 saturated carbocycles. The van der Waals surface area contributed by atoms with Gasteiger partial charge in [0.2, 0.25) is 5.95 Å². The topological polar surface area (TPSA) is 89.6 Å². The number of aromatic nitrogens is 3. The summed E-state index contributed by atoms with van der Waals surface area (Å²) < 4.78 is 39.3. The van der Waals surface area contributed by atoms with Crippen LogP contribution in [0.3, 0.4) is 0 Å². The van der Waals surface area contributed by atoms with Crippen LogP contribution in [0.4, 0.5) is 26.4 Å². The number of ether oxygens (including phenoxy) is 2. The first kappa shape index (κ1) is 20.0. The fourth-order valence-electron chi connectivity index (χ4n) is 5.65. The number of alkyl halides is 2. The van der Waals surface area contributed by atoms with Gasteiger partial charge < -0.3 is 25.0 Å². The standard InChI is InChI=1S/C22H26F2N6O2/c23-21(24)16-5-19(25)26-7-17(16)18-6-20(29-12-1-2-13(29)9-31-8-12)28-22(27-18)30-14-3-4-15(30)11-32-10-14/h5-7,12-15,21H,1-4,8-11H2,(H2,25,26). The summed E-state index contributed by atoms with van der Waals surface area (Å²) in [5, 5.41) is 0. The van der Waals surface area contributed by atoms with Crippen LogP contribution in [0.2, 0.25) is 0 Å². The molecule has 8 nitrogen and oxygen atoms in total. The minimum absolute atomic E-state index is 0.0657. The van der Waals surface area contributed by atoms with Crippen molar-refractivity contribution >= 4 is 17.6 Å². The van der Waals surface area contributed by atoms with Gasteiger partial charge in [-0.25, -0.2) is 18.7 Å². The number of anilines is 3. The summed E-state index contributed by atoms with van der Waals surface area (Å²) in [6.07, 6.45) is 2.82. The highest BCUT2D eigenvalue weighted by molar-refractivity contribution is 5.70. The van der Waals surface area contributed by atoms with Gasteiger partial charge in [-0.1, -0.05) is 0 Å². The minimum Gasteiger partial charge on any atom is -0.384 e. The Morgan fingerprint density at radius 2 is 1.47 bits per heavy atom. The highest BCUT2D eigenvalue weighted by Crippen LogP contribution is 2.39. The summed E-state index contributed by atoms with van der Waals surface area (Å²) in [4.78, 5) is 18.4. The number of pyridine rings is 1. The van der Waals surface area contributed by atoms with E-state index in [0.717, 1.165) is 31.5 Å². The maximum absolute atomic E-state index is 13.9. The average Bonchev–Trinajstić information content (AvgIpc) is 3.20. The Bertz CT molecular complexity index is 944. The van der Waals surface area contributed by atoms with E-state index in [1.54, 1.807) is 0 Å². The van der Waals surface area contributed by atoms with Crippen LogP contribution in [0.25, 0.3) is 11.3 Å². The zero-order chi connectivity index (χ0) is 21.8. The number of nitrogens with two attached hydrogens (primary N) is 1. The van der Waals surface area contributed by atoms with Gasteiger partial charge in [-0.2, -0.15) is 4.98 Å². The van der Waals surface area contributed by atoms with E-state index in [9.17, 15) is 8.78 Å². The molecule has 4 unspecified atom stereocenters. The van der Waals surface area contributed by atoms with Crippen LogP contribution in [-0.2, 0) is 9.47 Å². The van der Waals surface area contributed by atoms with Gasteiger partial charge in [0.05, 0.1) is 56.3 Å². The van der Waals surface area contributed by atoms with Crippen molar-refractivity contribution in [3.8, 4) is 11.3 Å². The Kier molecular flexibility index (Phi) is 4.87. The Hall–Kier alpha value is -2.59. The van der Waals surface area contributed by atoms with Crippen LogP contribution in [0.15, 0.2) is 18.3 Å². The lowest BCUT2D eigenvalue weighted by atomic mass is 10.1. The lowest BCUT2D eigenvalue weighted by Crippen LogP contribution is -2.48. The molecule has 10 heteroatoms. The first-order valence-corrected chi connectivity index (χ1v) is 11.2. The number of nitrogen functional groups attached to an aromatic ring is 1. The summed E-state index contributed by atoms with van der Waals surface area (Å²) in [5.41, 5.74) is 6.28. The van der Waals surface area contributed by atoms with Crippen LogP contribution >= 0.6 is 0 Å². The van der Waals surface area contributed by atoms with E-state index in [0.29, 0.717) is 43.6 Å². The van der Waals surface area contributed by atoms with Crippen molar-refractivity contribution in [2.75, 3.05) is 42.0 Å². The smallest absolute Gasteiger partial charge is 0.264 e. The molecule has 4 atom stereocenters. The van der Waals surface area contributed by atoms with Gasteiger partial charge in [-0.15, -0.1) is 0 Å². The second-order valence-corrected chi connectivity index (χ2v) is 9.07. The highest BCUT2D eigenvalue weighted by Gasteiger charge is 2.42. The number of nitrogens with zero attached hydrogens (tertiary/aromatic N) is 5. The number of halogens is 2. The Morgan fingerprint density at radius 3 is 2.06 bits per heavy atom. The lowest BCUT2D eigenvalue weighted by molar-refractivity contribution is 0.0888. The summed E-state index contributed by atoms with van der Waals surface area (Å²) in [7, 11) is 0. The monoisotopic (exact) mass is 444 g/mol. The molecule has 0 amide bonds. The van der Waals surface area contributed by atoms with Crippen molar-refractivity contribution in [3.63, 3.8) is 0 Å². The van der Waals surface area contributed by atoms with Crippen LogP contribution in [0.5, 0.6) is 0 Å². The number of hydrogen-bond acceptors (Lipinski definition) is 8. The van der Waals surface area contributed by atoms with E-state index in [4.69, 9.17) is 25.2 Å². The van der Waals surface area contributed by atoms with Crippen molar-refractivity contribution < 1.29 is 18.3 Å². The summed E-state index contributed by atoms with van der Waals surface area (Å²) in [6.45, 7) is 2.57. The predicted octanol–water partition coefficient (Wildman–Crippen LogP) is 2.79. The number of morpholine rings is 2. The molecule has 0 radical (unpaired) electrons. The number of fused-ring (bicyclic) bond motifs is 4. The molecule has 4 bridgehead atoms. The normalized spacial score (nSPS) is 29.2. The first-order valence-electron chi connectivity index (χ1n) is 11.2. The van der Waals surface area contributed by atoms with Gasteiger partial charge in [0.1, 0.15) is 11.6 Å². The SMILES string of the molecule is Nc1cc(C(F)F)c(-c2cc(N3C4CCC3COC4)nc(N3C4CCC3COC4)n2)cn1. The molecular weight excluding hydrogens is 418 g/mol. The molecule has 0 aromatic carbocycles. The molecular formula is C22H26F2N6O2. The predicted molar refractivity (Wildman–Crippen MR) is 115 cm³/mol. The van der Waals surface area contributed by atoms with Crippen molar-refractivity contribution in [3.05, 3.63) is 23.9 Å². The maximum Gasteiger partial charge on any atom is 0.264 e. The molecule has 4 aliphatic heterocycles. The average molecular weight is 444 g/mol. The van der Waals surface area contributed by atoms with Crippen LogP contribution in [-0.4, -0.2) is 65.5 Å². The molecule has 4 fully saturated rings. The van der Waals surface area contributed by atoms with E-state index < -0.39 is 6.43 Å². The minimum atomic E-state index is -2.68. The van der Waals surface area contributed by atoms with Crippen molar-refractivity contribution in [2.24, 2.45) is 0 Å². The second kappa shape index (κ2) is 7.77. The zero-order valence-electron chi connectivity index (χ0n) is 17.7. The fraction of sp³-hybridized carbons (Fsp3) is 0.591. The molecule has 2 aromatic heterocycles. The summed E-state index contributed by atoms with van der Waals surface area (Å²) >= 11 is 0. The molecule has 2 N–H and O–H groups in total. The third kappa shape index (κ3) is 3.27. The first-order chi connectivity index (χ1) is 15.6. The fourth-order valence-corrected chi connectivity index (χ4v) is 5.65. The highest BCUT2D eigenvalue weighted by atomic mass is 19.3. The zero-order valence-corrected chi connectivity index (χ0v) is 17.7. The quantitative estimate of drug-likeness (QED) is 0.770. The molecule has 6 heterocycles. The van der Waals surface area contributed by atoms with Gasteiger partial charge in [-0.3, -0.25) is 0 Å². The number of rotatable bonds is 4. The molecule has 0 spiro atoms. The Labute approximate surface area is 184 Å². The van der Waals surface area contributed by atoms with Gasteiger partial charge in [-0.05, 0) is 31.7 Å². The van der Waals surface area contributed by atoms with Gasteiger partial charge in [0.15, 0.2) is 0 Å². The van der Waals surface area contributed by atoms with Gasteiger partial charge in [0, 0.05) is 23.4 Å². The third-order valence-corrected chi connectivity index (χ3v) is 7.15. The molecule has 6 rings (SSSR count). The van der Waals surface area contributed by atoms with Gasteiger partial charge >= 0.3 is 0 Å². The summed E-state index contributed by atoms with van der Waals surface area (Å²) in [6, 6.07) is 3.95. The lowest BCUT2D eigenvalue weighted by Gasteiger charge is -2.38. The van der Waals surface area contributed by atoms with E-state index >= 15 is 0 Å². The molecule has 32 heavy (non-hydrogen) atoms. The van der Waals surface area contributed by atoms with Crippen LogP contribution < -0.4 is 15.5 Å². The largest absolute Gasteiger partial charge is 0.384 e. The summed E-state index contributed by atoms with van der Waals surface area (Å²) in [5.74, 6) is 1.41. The van der Waals surface area contributed by atoms with Crippen molar-refractivity contribution in [1.29, 1.82) is 0 Å². The van der Waals surface area contributed by atoms with E-state index in [1.165, 1.54) is 12.3 Å². The van der Waals surface area contributed by atoms with E-state index in [1.807, 2.05) is 6.07 Å². The Morgan fingerprint density at radius 1 is 0.875 bits per heavy atom. The molecule has 2 aromatic rings. The third-order valence-electron chi connectivity index (χ3n) is 7.15. The maximum atomic E-state index is 13.9. The van der Waals surface area contributed by atoms with Crippen molar-refractivity contribution in [2.45, 2.75) is 56.3 Å². The van der Waals surface area contributed by atoms with Crippen LogP contribution in [0.1, 0.15) is 37.7 Å². The van der Waals surface area contributed by atoms with E-state index in [-0.39, 0.29) is 35.5 Å². The second-order valence-electron chi connectivity index (χ2n) is 9.07. The molecule has 0 aliphatic carbocycles. The number of hydrogen-bond donors (Lipinski definition) is 1. The Balaban J connectivity index is 1.49. The van der Waals surface area contributed by atoms with E-state index in [2.05, 4.69) is 14.8 Å².